The third-order valence-corrected chi connectivity index (χ3v) is 5.04. The molecule has 0 aliphatic carbocycles. The van der Waals surface area contributed by atoms with E-state index in [-0.39, 0.29) is 5.91 Å². The molecule has 0 radical (unpaired) electrons. The summed E-state index contributed by atoms with van der Waals surface area (Å²) in [6.07, 6.45) is 3.74. The standard InChI is InChI=1S/C26H21NO4/c1-30-23-14-8-18(9-15-23)16-21-17-24(19-6-4-3-5-7-19)27(25(21)28)22-12-10-20(11-13-22)26(29)31-2/h3-17H,1-2H3/b21-16-. The first-order chi connectivity index (χ1) is 15.1. The van der Waals surface area contributed by atoms with Crippen LogP contribution in [-0.4, -0.2) is 26.1 Å². The summed E-state index contributed by atoms with van der Waals surface area (Å²) in [5.74, 6) is 0.200. The maximum Gasteiger partial charge on any atom is 0.337 e. The van der Waals surface area contributed by atoms with Crippen LogP contribution in [-0.2, 0) is 9.53 Å². The maximum absolute atomic E-state index is 13.4. The first-order valence-corrected chi connectivity index (χ1v) is 9.76. The Hall–Kier alpha value is -4.12. The van der Waals surface area contributed by atoms with Gasteiger partial charge in [0.25, 0.3) is 5.91 Å². The van der Waals surface area contributed by atoms with Crippen LogP contribution in [0.2, 0.25) is 0 Å². The minimum absolute atomic E-state index is 0.138. The van der Waals surface area contributed by atoms with Crippen LogP contribution in [0.3, 0.4) is 0 Å². The van der Waals surface area contributed by atoms with E-state index in [4.69, 9.17) is 9.47 Å². The number of amides is 1. The van der Waals surface area contributed by atoms with E-state index in [1.807, 2.05) is 66.7 Å². The molecule has 4 rings (SSSR count). The minimum atomic E-state index is -0.418. The lowest BCUT2D eigenvalue weighted by atomic mass is 10.1. The predicted molar refractivity (Wildman–Crippen MR) is 121 cm³/mol. The van der Waals surface area contributed by atoms with Gasteiger partial charge in [0.05, 0.1) is 25.5 Å². The molecule has 5 nitrogen and oxygen atoms in total. The molecule has 0 atom stereocenters. The van der Waals surface area contributed by atoms with Gasteiger partial charge in [-0.2, -0.15) is 0 Å². The van der Waals surface area contributed by atoms with Crippen LogP contribution in [0, 0.1) is 0 Å². The number of esters is 1. The fraction of sp³-hybridized carbons (Fsp3) is 0.0769. The monoisotopic (exact) mass is 411 g/mol. The van der Waals surface area contributed by atoms with E-state index < -0.39 is 5.97 Å². The van der Waals surface area contributed by atoms with Crippen molar-refractivity contribution in [1.82, 2.24) is 0 Å². The van der Waals surface area contributed by atoms with Crippen LogP contribution in [0.5, 0.6) is 5.75 Å². The van der Waals surface area contributed by atoms with Crippen molar-refractivity contribution < 1.29 is 19.1 Å². The molecule has 0 spiro atoms. The van der Waals surface area contributed by atoms with Crippen LogP contribution in [0.25, 0.3) is 11.8 Å². The molecule has 0 saturated carbocycles. The van der Waals surface area contributed by atoms with Gasteiger partial charge in [-0.1, -0.05) is 42.5 Å². The molecule has 0 bridgehead atoms. The summed E-state index contributed by atoms with van der Waals surface area (Å²) in [5.41, 5.74) is 4.27. The molecule has 5 heteroatoms. The van der Waals surface area contributed by atoms with E-state index in [0.29, 0.717) is 16.8 Å². The van der Waals surface area contributed by atoms with Crippen LogP contribution in [0.4, 0.5) is 5.69 Å². The molecule has 0 saturated heterocycles. The summed E-state index contributed by atoms with van der Waals surface area (Å²) in [4.78, 5) is 26.8. The lowest BCUT2D eigenvalue weighted by molar-refractivity contribution is -0.113. The summed E-state index contributed by atoms with van der Waals surface area (Å²) in [7, 11) is 2.96. The molecule has 0 N–H and O–H groups in total. The average molecular weight is 411 g/mol. The quantitative estimate of drug-likeness (QED) is 0.440. The lowest BCUT2D eigenvalue weighted by Gasteiger charge is -2.21. The third-order valence-electron chi connectivity index (χ3n) is 5.04. The highest BCUT2D eigenvalue weighted by atomic mass is 16.5. The summed E-state index contributed by atoms with van der Waals surface area (Å²) in [5, 5.41) is 0. The van der Waals surface area contributed by atoms with Crippen molar-refractivity contribution in [3.8, 4) is 5.75 Å². The molecule has 3 aromatic carbocycles. The summed E-state index contributed by atoms with van der Waals surface area (Å²) in [6, 6.07) is 24.1. The number of methoxy groups -OCH3 is 2. The SMILES string of the molecule is COC(=O)c1ccc(N2C(=O)/C(=C\c3ccc(OC)cc3)C=C2c2ccccc2)cc1. The zero-order valence-electron chi connectivity index (χ0n) is 17.2. The van der Waals surface area contributed by atoms with Crippen LogP contribution in [0.1, 0.15) is 21.5 Å². The van der Waals surface area contributed by atoms with Gasteiger partial charge in [0.15, 0.2) is 0 Å². The molecular weight excluding hydrogens is 390 g/mol. The Morgan fingerprint density at radius 1 is 0.871 bits per heavy atom. The second-order valence-corrected chi connectivity index (χ2v) is 6.95. The van der Waals surface area contributed by atoms with Gasteiger partial charge in [0.1, 0.15) is 5.75 Å². The normalized spacial score (nSPS) is 14.5. The number of hydrogen-bond acceptors (Lipinski definition) is 4. The molecule has 1 heterocycles. The Morgan fingerprint density at radius 2 is 1.55 bits per heavy atom. The Labute approximate surface area is 180 Å². The highest BCUT2D eigenvalue weighted by molar-refractivity contribution is 6.23. The average Bonchev–Trinajstić information content (AvgIpc) is 3.15. The first kappa shape index (κ1) is 20.2. The maximum atomic E-state index is 13.4. The van der Waals surface area contributed by atoms with Crippen LogP contribution < -0.4 is 9.64 Å². The fourth-order valence-electron chi connectivity index (χ4n) is 3.44. The summed E-state index contributed by atoms with van der Waals surface area (Å²) in [6.45, 7) is 0. The van der Waals surface area contributed by atoms with Gasteiger partial charge in [0, 0.05) is 11.3 Å². The number of hydrogen-bond donors (Lipinski definition) is 0. The number of carbonyl (C=O) groups is 2. The van der Waals surface area contributed by atoms with Gasteiger partial charge in [-0.15, -0.1) is 0 Å². The smallest absolute Gasteiger partial charge is 0.337 e. The van der Waals surface area contributed by atoms with E-state index in [1.54, 1.807) is 36.3 Å². The molecule has 0 aromatic heterocycles. The molecule has 0 fully saturated rings. The van der Waals surface area contributed by atoms with Gasteiger partial charge < -0.3 is 9.47 Å². The van der Waals surface area contributed by atoms with Crippen molar-refractivity contribution in [2.24, 2.45) is 0 Å². The van der Waals surface area contributed by atoms with Crippen molar-refractivity contribution in [2.75, 3.05) is 19.1 Å². The van der Waals surface area contributed by atoms with Gasteiger partial charge in [-0.25, -0.2) is 4.79 Å². The Kier molecular flexibility index (Phi) is 5.67. The number of nitrogens with zero attached hydrogens (tertiary/aromatic N) is 1. The van der Waals surface area contributed by atoms with E-state index in [0.717, 1.165) is 22.6 Å². The van der Waals surface area contributed by atoms with Crippen LogP contribution in [0.15, 0.2) is 90.5 Å². The molecule has 1 aliphatic rings. The zero-order valence-corrected chi connectivity index (χ0v) is 17.2. The number of anilines is 1. The van der Waals surface area contributed by atoms with Gasteiger partial charge in [0.2, 0.25) is 0 Å². The van der Waals surface area contributed by atoms with Gasteiger partial charge in [-0.05, 0) is 59.7 Å². The summed E-state index contributed by atoms with van der Waals surface area (Å²) < 4.78 is 9.97. The highest BCUT2D eigenvalue weighted by Gasteiger charge is 2.30. The second-order valence-electron chi connectivity index (χ2n) is 6.95. The number of carbonyl (C=O) groups excluding carboxylic acids is 2. The highest BCUT2D eigenvalue weighted by Crippen LogP contribution is 2.35. The summed E-state index contributed by atoms with van der Waals surface area (Å²) >= 11 is 0. The zero-order chi connectivity index (χ0) is 21.8. The third kappa shape index (κ3) is 4.12. The van der Waals surface area contributed by atoms with E-state index >= 15 is 0 Å². The Bertz CT molecular complexity index is 1160. The largest absolute Gasteiger partial charge is 0.497 e. The molecule has 1 aliphatic heterocycles. The van der Waals surface area contributed by atoms with Crippen molar-refractivity contribution in [3.05, 3.63) is 107 Å². The number of ether oxygens (including phenoxy) is 2. The second kappa shape index (κ2) is 8.71. The van der Waals surface area contributed by atoms with Gasteiger partial charge in [-0.3, -0.25) is 9.69 Å². The van der Waals surface area contributed by atoms with Gasteiger partial charge >= 0.3 is 5.97 Å². The van der Waals surface area contributed by atoms with Crippen molar-refractivity contribution in [2.45, 2.75) is 0 Å². The van der Waals surface area contributed by atoms with Crippen molar-refractivity contribution in [3.63, 3.8) is 0 Å². The molecule has 0 unspecified atom stereocenters. The Morgan fingerprint density at radius 3 is 2.16 bits per heavy atom. The predicted octanol–water partition coefficient (Wildman–Crippen LogP) is 4.95. The topological polar surface area (TPSA) is 55.8 Å². The van der Waals surface area contributed by atoms with E-state index in [1.165, 1.54) is 7.11 Å². The van der Waals surface area contributed by atoms with E-state index in [2.05, 4.69) is 0 Å². The van der Waals surface area contributed by atoms with Crippen LogP contribution >= 0.6 is 0 Å². The molecule has 3 aromatic rings. The number of benzene rings is 3. The Balaban J connectivity index is 1.75. The van der Waals surface area contributed by atoms with Crippen molar-refractivity contribution >= 4 is 29.3 Å². The van der Waals surface area contributed by atoms with E-state index in [9.17, 15) is 9.59 Å². The molecule has 154 valence electrons. The molecule has 31 heavy (non-hydrogen) atoms. The first-order valence-electron chi connectivity index (χ1n) is 9.76. The minimum Gasteiger partial charge on any atom is -0.497 e. The molecule has 1 amide bonds. The molecular formula is C26H21NO4. The van der Waals surface area contributed by atoms with Crippen molar-refractivity contribution in [1.29, 1.82) is 0 Å². The number of rotatable bonds is 5. The lowest BCUT2D eigenvalue weighted by Crippen LogP contribution is -2.25. The fourth-order valence-corrected chi connectivity index (χ4v) is 3.44.